The Bertz CT molecular complexity index is 1160. The second-order valence-corrected chi connectivity index (χ2v) is 18.1. The molecule has 7 nitrogen and oxygen atoms in total. The molecule has 2 saturated heterocycles. The predicted molar refractivity (Wildman–Crippen MR) is 163 cm³/mol. The van der Waals surface area contributed by atoms with Gasteiger partial charge >= 0.3 is 0 Å². The molecule has 2 heterocycles. The Labute approximate surface area is 258 Å². The van der Waals surface area contributed by atoms with Gasteiger partial charge in [-0.2, -0.15) is 0 Å². The van der Waals surface area contributed by atoms with Gasteiger partial charge in [0.2, 0.25) is 0 Å². The number of ether oxygens (including phenoxy) is 3. The first-order valence-corrected chi connectivity index (χ1v) is 17.3. The number of rotatable bonds is 3. The van der Waals surface area contributed by atoms with Gasteiger partial charge < -0.3 is 34.6 Å². The second kappa shape index (κ2) is 9.51. The van der Waals surface area contributed by atoms with Gasteiger partial charge in [0.15, 0.2) is 6.29 Å². The van der Waals surface area contributed by atoms with Gasteiger partial charge in [-0.1, -0.05) is 53.7 Å². The van der Waals surface area contributed by atoms with E-state index in [1.807, 2.05) is 0 Å². The van der Waals surface area contributed by atoms with Crippen LogP contribution in [-0.4, -0.2) is 76.1 Å². The third-order valence-corrected chi connectivity index (χ3v) is 15.8. The van der Waals surface area contributed by atoms with E-state index >= 15 is 0 Å². The van der Waals surface area contributed by atoms with Crippen LogP contribution in [0.1, 0.15) is 106 Å². The first-order valence-electron chi connectivity index (χ1n) is 17.3. The number of hydrogen-bond acceptors (Lipinski definition) is 7. The van der Waals surface area contributed by atoms with Crippen molar-refractivity contribution in [1.29, 1.82) is 0 Å². The van der Waals surface area contributed by atoms with Crippen molar-refractivity contribution in [2.24, 2.45) is 50.2 Å². The van der Waals surface area contributed by atoms with Gasteiger partial charge in [0.25, 0.3) is 0 Å². The summed E-state index contributed by atoms with van der Waals surface area (Å²) in [6.45, 7) is 17.3. The van der Waals surface area contributed by atoms with Gasteiger partial charge in [-0.25, -0.2) is 0 Å². The molecule has 5 aliphatic carbocycles. The Morgan fingerprint density at radius 1 is 0.837 bits per heavy atom. The van der Waals surface area contributed by atoms with E-state index in [2.05, 4.69) is 53.7 Å². The largest absolute Gasteiger partial charge is 0.396 e. The molecule has 1 spiro atoms. The van der Waals surface area contributed by atoms with E-state index in [0.717, 1.165) is 32.3 Å². The molecule has 4 N–H and O–H groups in total. The van der Waals surface area contributed by atoms with Crippen LogP contribution in [-0.2, 0) is 14.2 Å². The molecule has 0 radical (unpaired) electrons. The van der Waals surface area contributed by atoms with Crippen LogP contribution in [0.3, 0.4) is 0 Å². The molecule has 6 fully saturated rings. The smallest absolute Gasteiger partial charge is 0.186 e. The fourth-order valence-corrected chi connectivity index (χ4v) is 12.8. The van der Waals surface area contributed by atoms with Gasteiger partial charge in [0, 0.05) is 16.7 Å². The van der Waals surface area contributed by atoms with E-state index in [4.69, 9.17) is 14.2 Å². The van der Waals surface area contributed by atoms with Crippen LogP contribution in [0.4, 0.5) is 0 Å². The normalized spacial score (nSPS) is 60.4. The Kier molecular flexibility index (Phi) is 6.88. The fourth-order valence-electron chi connectivity index (χ4n) is 12.8. The average Bonchev–Trinajstić information content (AvgIpc) is 3.19. The summed E-state index contributed by atoms with van der Waals surface area (Å²) < 4.78 is 19.5. The van der Waals surface area contributed by atoms with Gasteiger partial charge in [-0.15, -0.1) is 0 Å². The number of allylic oxidation sites excluding steroid dienone is 1. The van der Waals surface area contributed by atoms with Crippen molar-refractivity contribution in [3.63, 3.8) is 0 Å². The maximum Gasteiger partial charge on any atom is 0.186 e. The molecule has 4 saturated carbocycles. The molecule has 0 aromatic heterocycles. The molecule has 15 unspecified atom stereocenters. The first-order chi connectivity index (χ1) is 20.0. The minimum absolute atomic E-state index is 0.0153. The number of aliphatic hydroxyl groups excluding tert-OH is 4. The van der Waals surface area contributed by atoms with Crippen molar-refractivity contribution in [3.8, 4) is 0 Å². The molecule has 2 bridgehead atoms. The zero-order chi connectivity index (χ0) is 31.0. The maximum absolute atomic E-state index is 11.1. The monoisotopic (exact) mass is 602 g/mol. The van der Waals surface area contributed by atoms with Gasteiger partial charge in [-0.05, 0) is 98.2 Å². The summed E-state index contributed by atoms with van der Waals surface area (Å²) in [6.07, 6.45) is 9.36. The van der Waals surface area contributed by atoms with E-state index in [9.17, 15) is 20.4 Å². The number of hydrogen-bond donors (Lipinski definition) is 4. The highest BCUT2D eigenvalue weighted by Crippen LogP contribution is 2.79. The van der Waals surface area contributed by atoms with Gasteiger partial charge in [-0.3, -0.25) is 0 Å². The average molecular weight is 603 g/mol. The van der Waals surface area contributed by atoms with Crippen molar-refractivity contribution < 1.29 is 34.6 Å². The molecule has 0 aromatic rings. The highest BCUT2D eigenvalue weighted by Gasteiger charge is 2.77. The van der Waals surface area contributed by atoms with Crippen LogP contribution in [0.5, 0.6) is 0 Å². The lowest BCUT2D eigenvalue weighted by Crippen LogP contribution is -2.71. The van der Waals surface area contributed by atoms with Crippen molar-refractivity contribution in [2.45, 2.75) is 149 Å². The van der Waals surface area contributed by atoms with Crippen LogP contribution in [0.2, 0.25) is 0 Å². The van der Waals surface area contributed by atoms with Crippen LogP contribution in [0.15, 0.2) is 12.2 Å². The Balaban J connectivity index is 1.21. The zero-order valence-corrected chi connectivity index (χ0v) is 27.6. The van der Waals surface area contributed by atoms with E-state index in [1.165, 1.54) is 32.1 Å². The SMILES string of the molecule is CC1OC(OC2CCC3(C)C(CCC4(C)C3C=CC35OCC6(CCC(C)(C)CC63)CCC45C)C2(C)CO)C(O)C(O)C1O. The third-order valence-electron chi connectivity index (χ3n) is 15.8. The summed E-state index contributed by atoms with van der Waals surface area (Å²) in [5, 5.41) is 42.4. The van der Waals surface area contributed by atoms with E-state index < -0.39 is 36.1 Å². The summed E-state index contributed by atoms with van der Waals surface area (Å²) in [5.74, 6) is 1.16. The minimum Gasteiger partial charge on any atom is -0.396 e. The lowest BCUT2D eigenvalue weighted by atomic mass is 9.32. The highest BCUT2D eigenvalue weighted by atomic mass is 16.7. The van der Waals surface area contributed by atoms with E-state index in [0.29, 0.717) is 22.7 Å². The molecule has 0 amide bonds. The van der Waals surface area contributed by atoms with Crippen LogP contribution in [0.25, 0.3) is 0 Å². The zero-order valence-electron chi connectivity index (χ0n) is 27.6. The summed E-state index contributed by atoms with van der Waals surface area (Å²) >= 11 is 0. The van der Waals surface area contributed by atoms with Gasteiger partial charge in [0.1, 0.15) is 18.3 Å². The summed E-state index contributed by atoms with van der Waals surface area (Å²) in [7, 11) is 0. The molecule has 15 atom stereocenters. The Hall–Kier alpha value is -0.540. The number of fused-ring (bicyclic) bond motifs is 4. The second-order valence-electron chi connectivity index (χ2n) is 18.1. The number of aliphatic hydroxyl groups is 4. The fraction of sp³-hybridized carbons (Fsp3) is 0.944. The maximum atomic E-state index is 11.1. The van der Waals surface area contributed by atoms with E-state index in [1.54, 1.807) is 6.92 Å². The molecular formula is C36H58O7. The van der Waals surface area contributed by atoms with Crippen molar-refractivity contribution in [2.75, 3.05) is 13.2 Å². The third kappa shape index (κ3) is 3.79. The summed E-state index contributed by atoms with van der Waals surface area (Å²) in [5.41, 5.74) is 0.0419. The van der Waals surface area contributed by atoms with Crippen LogP contribution >= 0.6 is 0 Å². The van der Waals surface area contributed by atoms with Crippen molar-refractivity contribution in [1.82, 2.24) is 0 Å². The highest BCUT2D eigenvalue weighted by molar-refractivity contribution is 5.34. The predicted octanol–water partition coefficient (Wildman–Crippen LogP) is 4.98. The minimum atomic E-state index is -1.34. The lowest BCUT2D eigenvalue weighted by Gasteiger charge is -2.73. The summed E-state index contributed by atoms with van der Waals surface area (Å²) in [4.78, 5) is 0. The Morgan fingerprint density at radius 2 is 1.56 bits per heavy atom. The molecule has 0 aromatic carbocycles. The lowest BCUT2D eigenvalue weighted by molar-refractivity contribution is -0.328. The van der Waals surface area contributed by atoms with Crippen LogP contribution < -0.4 is 0 Å². The molecule has 43 heavy (non-hydrogen) atoms. The van der Waals surface area contributed by atoms with Crippen LogP contribution in [0, 0.1) is 50.2 Å². The standard InChI is InChI=1S/C36H58O7/c1-21-26(38)27(39)28(40)29(42-21)43-25-10-11-31(4)22(32(25,5)19-37)8-12-33(6)23(31)9-13-36-24-18-30(2,3)14-16-35(24,20-41-36)17-15-34(33,36)7/h9,13,21-29,37-40H,8,10-12,14-20H2,1-7H3. The molecular weight excluding hydrogens is 544 g/mol. The Morgan fingerprint density at radius 3 is 2.28 bits per heavy atom. The van der Waals surface area contributed by atoms with Crippen molar-refractivity contribution in [3.05, 3.63) is 12.2 Å². The molecule has 244 valence electrons. The first kappa shape index (κ1) is 31.1. The van der Waals surface area contributed by atoms with Crippen molar-refractivity contribution >= 4 is 0 Å². The summed E-state index contributed by atoms with van der Waals surface area (Å²) in [6, 6.07) is 0. The molecule has 7 aliphatic rings. The molecule has 7 heteroatoms. The molecule has 7 rings (SSSR count). The van der Waals surface area contributed by atoms with E-state index in [-0.39, 0.29) is 40.5 Å². The van der Waals surface area contributed by atoms with Gasteiger partial charge in [0.05, 0.1) is 31.0 Å². The topological polar surface area (TPSA) is 109 Å². The molecule has 2 aliphatic heterocycles. The quantitative estimate of drug-likeness (QED) is 0.267.